The van der Waals surface area contributed by atoms with Crippen LogP contribution in [0.2, 0.25) is 0 Å². The maximum atomic E-state index is 12.7. The van der Waals surface area contributed by atoms with Gasteiger partial charge in [-0.2, -0.15) is 5.10 Å². The molecule has 0 radical (unpaired) electrons. The Morgan fingerprint density at radius 1 is 1.08 bits per heavy atom. The molecule has 0 unspecified atom stereocenters. The summed E-state index contributed by atoms with van der Waals surface area (Å²) in [6.07, 6.45) is 3.83. The van der Waals surface area contributed by atoms with Crippen molar-refractivity contribution in [2.45, 2.75) is 53.0 Å². The van der Waals surface area contributed by atoms with Crippen LogP contribution in [0.1, 0.15) is 44.3 Å². The average molecular weight is 347 g/mol. The highest BCUT2D eigenvalue weighted by Gasteiger charge is 2.32. The molecule has 0 N–H and O–H groups in total. The molecule has 0 saturated carbocycles. The van der Waals surface area contributed by atoms with E-state index in [-0.39, 0.29) is 17.7 Å². The summed E-state index contributed by atoms with van der Waals surface area (Å²) in [6, 6.07) is 0. The fraction of sp³-hybridized carbons (Fsp3) is 0.778. The highest BCUT2D eigenvalue weighted by molar-refractivity contribution is 5.81. The zero-order valence-electron chi connectivity index (χ0n) is 15.6. The maximum Gasteiger partial charge on any atom is 0.227 e. The van der Waals surface area contributed by atoms with Gasteiger partial charge in [-0.15, -0.1) is 0 Å². The van der Waals surface area contributed by atoms with E-state index in [1.54, 1.807) is 0 Å². The van der Waals surface area contributed by atoms with Gasteiger partial charge in [-0.1, -0.05) is 6.92 Å². The van der Waals surface area contributed by atoms with Gasteiger partial charge >= 0.3 is 0 Å². The minimum Gasteiger partial charge on any atom is -0.342 e. The number of carbonyl (C=O) groups excluding carboxylic acids is 2. The Balaban J connectivity index is 1.50. The molecule has 2 saturated heterocycles. The van der Waals surface area contributed by atoms with E-state index in [1.165, 1.54) is 0 Å². The summed E-state index contributed by atoms with van der Waals surface area (Å²) < 4.78 is 1.81. The number of aromatic nitrogens is 3. The minimum absolute atomic E-state index is 0.0951. The van der Waals surface area contributed by atoms with Crippen LogP contribution in [0, 0.1) is 25.7 Å². The Kier molecular flexibility index (Phi) is 5.39. The van der Waals surface area contributed by atoms with Crippen molar-refractivity contribution in [3.63, 3.8) is 0 Å². The number of nitrogens with zero attached hydrogens (tertiary/aromatic N) is 5. The zero-order chi connectivity index (χ0) is 18.0. The van der Waals surface area contributed by atoms with E-state index in [0.29, 0.717) is 25.5 Å². The van der Waals surface area contributed by atoms with Crippen LogP contribution in [0.25, 0.3) is 0 Å². The van der Waals surface area contributed by atoms with Crippen molar-refractivity contribution in [2.75, 3.05) is 26.2 Å². The molecule has 1 aromatic rings. The van der Waals surface area contributed by atoms with Crippen molar-refractivity contribution in [2.24, 2.45) is 11.8 Å². The van der Waals surface area contributed by atoms with Crippen molar-refractivity contribution in [3.05, 3.63) is 11.6 Å². The second-order valence-corrected chi connectivity index (χ2v) is 7.42. The SMILES string of the molecule is Cc1nc(C)n(C[C@@H](C)C(=O)N2CCC(C(=O)N3CCCC3)CC2)n1. The van der Waals surface area contributed by atoms with E-state index in [4.69, 9.17) is 0 Å². The molecule has 3 heterocycles. The fourth-order valence-corrected chi connectivity index (χ4v) is 3.93. The van der Waals surface area contributed by atoms with E-state index in [9.17, 15) is 9.59 Å². The molecule has 7 nitrogen and oxygen atoms in total. The number of carbonyl (C=O) groups is 2. The van der Waals surface area contributed by atoms with Crippen LogP contribution in [-0.2, 0) is 16.1 Å². The maximum absolute atomic E-state index is 12.7. The van der Waals surface area contributed by atoms with Crippen molar-refractivity contribution >= 4 is 11.8 Å². The van der Waals surface area contributed by atoms with Gasteiger partial charge in [0.05, 0.1) is 12.5 Å². The topological polar surface area (TPSA) is 71.3 Å². The van der Waals surface area contributed by atoms with Crippen LogP contribution in [0.3, 0.4) is 0 Å². The monoisotopic (exact) mass is 347 g/mol. The number of piperidine rings is 1. The molecule has 0 bridgehead atoms. The summed E-state index contributed by atoms with van der Waals surface area (Å²) in [5.74, 6) is 1.99. The molecule has 1 aromatic heterocycles. The second kappa shape index (κ2) is 7.54. The van der Waals surface area contributed by atoms with Gasteiger partial charge in [0.25, 0.3) is 0 Å². The van der Waals surface area contributed by atoms with Crippen LogP contribution < -0.4 is 0 Å². The molecule has 2 aliphatic rings. The van der Waals surface area contributed by atoms with Crippen molar-refractivity contribution in [3.8, 4) is 0 Å². The minimum atomic E-state index is -0.134. The lowest BCUT2D eigenvalue weighted by Crippen LogP contribution is -2.45. The van der Waals surface area contributed by atoms with E-state index < -0.39 is 0 Å². The number of aryl methyl sites for hydroxylation is 2. The Labute approximate surface area is 149 Å². The van der Waals surface area contributed by atoms with Crippen molar-refractivity contribution in [1.29, 1.82) is 0 Å². The van der Waals surface area contributed by atoms with Gasteiger partial charge in [0.15, 0.2) is 0 Å². The zero-order valence-corrected chi connectivity index (χ0v) is 15.6. The second-order valence-electron chi connectivity index (χ2n) is 7.42. The summed E-state index contributed by atoms with van der Waals surface area (Å²) in [6.45, 7) is 9.45. The van der Waals surface area contributed by atoms with Crippen LogP contribution in [0.15, 0.2) is 0 Å². The summed E-state index contributed by atoms with van der Waals surface area (Å²) in [5, 5.41) is 4.34. The smallest absolute Gasteiger partial charge is 0.227 e. The van der Waals surface area contributed by atoms with E-state index in [0.717, 1.165) is 50.4 Å². The average Bonchev–Trinajstić information content (AvgIpc) is 3.24. The van der Waals surface area contributed by atoms with Crippen LogP contribution in [-0.4, -0.2) is 62.6 Å². The number of rotatable bonds is 4. The first-order valence-corrected chi connectivity index (χ1v) is 9.41. The highest BCUT2D eigenvalue weighted by Crippen LogP contribution is 2.23. The fourth-order valence-electron chi connectivity index (χ4n) is 3.93. The van der Waals surface area contributed by atoms with Gasteiger partial charge in [-0.3, -0.25) is 9.59 Å². The van der Waals surface area contributed by atoms with Crippen molar-refractivity contribution < 1.29 is 9.59 Å². The van der Waals surface area contributed by atoms with Gasteiger partial charge in [0.2, 0.25) is 11.8 Å². The molecule has 25 heavy (non-hydrogen) atoms. The third-order valence-electron chi connectivity index (χ3n) is 5.40. The molecule has 138 valence electrons. The third kappa shape index (κ3) is 4.02. The van der Waals surface area contributed by atoms with E-state index in [2.05, 4.69) is 10.1 Å². The van der Waals surface area contributed by atoms with E-state index in [1.807, 2.05) is 35.3 Å². The van der Waals surface area contributed by atoms with Gasteiger partial charge in [-0.25, -0.2) is 9.67 Å². The Morgan fingerprint density at radius 2 is 1.72 bits per heavy atom. The quantitative estimate of drug-likeness (QED) is 0.825. The molecule has 3 rings (SSSR count). The predicted octanol–water partition coefficient (Wildman–Crippen LogP) is 1.39. The molecular formula is C18H29N5O2. The van der Waals surface area contributed by atoms with Crippen molar-refractivity contribution in [1.82, 2.24) is 24.6 Å². The standard InChI is InChI=1S/C18H29N5O2/c1-13(12-23-15(3)19-14(2)20-23)17(24)22-10-6-16(7-11-22)18(25)21-8-4-5-9-21/h13,16H,4-12H2,1-3H3/t13-/m1/s1. The Morgan fingerprint density at radius 3 is 2.28 bits per heavy atom. The normalized spacial score (nSPS) is 20.1. The van der Waals surface area contributed by atoms with Gasteiger partial charge < -0.3 is 9.80 Å². The summed E-state index contributed by atoms with van der Waals surface area (Å²) >= 11 is 0. The van der Waals surface area contributed by atoms with E-state index >= 15 is 0 Å². The molecule has 0 aliphatic carbocycles. The Hall–Kier alpha value is -1.92. The third-order valence-corrected chi connectivity index (χ3v) is 5.40. The summed E-state index contributed by atoms with van der Waals surface area (Å²) in [5.41, 5.74) is 0. The lowest BCUT2D eigenvalue weighted by Gasteiger charge is -2.34. The lowest BCUT2D eigenvalue weighted by atomic mass is 9.94. The summed E-state index contributed by atoms with van der Waals surface area (Å²) in [7, 11) is 0. The predicted molar refractivity (Wildman–Crippen MR) is 93.8 cm³/mol. The first-order chi connectivity index (χ1) is 12.0. The number of amides is 2. The van der Waals surface area contributed by atoms with Gasteiger partial charge in [0, 0.05) is 32.1 Å². The molecule has 2 amide bonds. The summed E-state index contributed by atoms with van der Waals surface area (Å²) in [4.78, 5) is 33.4. The first kappa shape index (κ1) is 17.9. The van der Waals surface area contributed by atoms with Crippen LogP contribution in [0.4, 0.5) is 0 Å². The molecule has 0 aromatic carbocycles. The molecular weight excluding hydrogens is 318 g/mol. The van der Waals surface area contributed by atoms with Gasteiger partial charge in [-0.05, 0) is 39.5 Å². The molecule has 1 atom stereocenters. The molecule has 7 heteroatoms. The number of hydrogen-bond acceptors (Lipinski definition) is 4. The van der Waals surface area contributed by atoms with Gasteiger partial charge in [0.1, 0.15) is 11.6 Å². The molecule has 2 aliphatic heterocycles. The van der Waals surface area contributed by atoms with Crippen LogP contribution in [0.5, 0.6) is 0 Å². The van der Waals surface area contributed by atoms with Crippen LogP contribution >= 0.6 is 0 Å². The number of hydrogen-bond donors (Lipinski definition) is 0. The molecule has 0 spiro atoms. The first-order valence-electron chi connectivity index (χ1n) is 9.41. The highest BCUT2D eigenvalue weighted by atomic mass is 16.2. The number of likely N-dealkylation sites (tertiary alicyclic amines) is 2. The largest absolute Gasteiger partial charge is 0.342 e. The lowest BCUT2D eigenvalue weighted by molar-refractivity contribution is -0.142. The Bertz CT molecular complexity index is 627. The molecule has 2 fully saturated rings.